The average molecular weight is 1480 g/mol. The maximum atomic E-state index is 7.56. The second-order valence-corrected chi connectivity index (χ2v) is 35.6. The molecule has 0 spiro atoms. The van der Waals surface area contributed by atoms with Gasteiger partial charge in [-0.05, 0) is 89.9 Å². The van der Waals surface area contributed by atoms with Crippen LogP contribution in [0.2, 0.25) is 0 Å². The van der Waals surface area contributed by atoms with Crippen molar-refractivity contribution in [3.63, 3.8) is 0 Å². The first-order valence-electron chi connectivity index (χ1n) is 36.0. The van der Waals surface area contributed by atoms with Crippen molar-refractivity contribution in [1.82, 2.24) is 0 Å². The Labute approximate surface area is 566 Å². The molecule has 0 bridgehead atoms. The Balaban J connectivity index is -0.000000234. The number of benzene rings is 1. The van der Waals surface area contributed by atoms with E-state index in [2.05, 4.69) is 164 Å². The fourth-order valence-electron chi connectivity index (χ4n) is 9.74. The molecular formula is C74H148Cl2O2P4Pd2+4. The predicted octanol–water partition coefficient (Wildman–Crippen LogP) is 26.8. The number of hydrogen-bond acceptors (Lipinski definition) is 2. The molecule has 10 heteroatoms. The van der Waals surface area contributed by atoms with Gasteiger partial charge in [-0.2, -0.15) is 0 Å². The molecule has 84 heavy (non-hydrogen) atoms. The summed E-state index contributed by atoms with van der Waals surface area (Å²) >= 11 is 4.44. The molecular weight excluding hydrogens is 1330 g/mol. The standard InChI is InChI=1S/C26H36O2.4C12H27P.2ClH.2Pd/c1-5-9-11-13-15-17-19-27-25-21-24(8-4)26(22-23(25)7-3)28-20-18-16-14-12-10-6-2;4*1-4-7-10-13(11-8-5-2)12-9-6-3;;;;/h21-22H,5-6,9-20H2,1-2H3;4*4-12H2,1-3H3;2*1H;;/q-2;;;;;;;2*+2/p+2. The van der Waals surface area contributed by atoms with Crippen molar-refractivity contribution in [3.8, 4) is 23.3 Å². The van der Waals surface area contributed by atoms with Gasteiger partial charge in [-0.15, -0.1) is 12.1 Å². The van der Waals surface area contributed by atoms with Gasteiger partial charge < -0.3 is 22.3 Å². The Hall–Kier alpha value is 1.56. The number of ether oxygens (including phenoxy) is 2. The molecule has 0 amide bonds. The molecule has 0 N–H and O–H groups in total. The van der Waals surface area contributed by atoms with Crippen LogP contribution in [0, 0.1) is 24.7 Å². The molecule has 0 saturated carbocycles. The molecule has 0 radical (unpaired) electrons. The van der Waals surface area contributed by atoms with Crippen LogP contribution in [0.25, 0.3) is 0 Å². The summed E-state index contributed by atoms with van der Waals surface area (Å²) in [6.07, 6.45) is 83.2. The Bertz CT molecular complexity index is 1190. The van der Waals surface area contributed by atoms with Gasteiger partial charge >= 0.3 is 55.4 Å². The van der Waals surface area contributed by atoms with Crippen molar-refractivity contribution < 1.29 is 45.8 Å². The van der Waals surface area contributed by atoms with E-state index in [9.17, 15) is 0 Å². The van der Waals surface area contributed by atoms with Crippen molar-refractivity contribution >= 4 is 50.7 Å². The topological polar surface area (TPSA) is 18.5 Å². The van der Waals surface area contributed by atoms with E-state index in [-0.39, 0.29) is 31.7 Å². The molecule has 1 aromatic carbocycles. The molecule has 0 aliphatic heterocycles. The van der Waals surface area contributed by atoms with Crippen molar-refractivity contribution in [2.75, 3.05) is 87.2 Å². The van der Waals surface area contributed by atoms with Gasteiger partial charge in [0.1, 0.15) is 0 Å². The Morgan fingerprint density at radius 1 is 0.274 bits per heavy atom. The van der Waals surface area contributed by atoms with Gasteiger partial charge in [-0.1, -0.05) is 249 Å². The molecule has 0 atom stereocenters. The molecule has 0 unspecified atom stereocenters. The molecule has 0 aliphatic rings. The zero-order valence-electron chi connectivity index (χ0n) is 58.7. The van der Waals surface area contributed by atoms with E-state index in [1.54, 1.807) is 86.1 Å². The zero-order valence-corrected chi connectivity index (χ0v) is 67.3. The van der Waals surface area contributed by atoms with Gasteiger partial charge in [0.25, 0.3) is 0 Å². The molecule has 2 nitrogen and oxygen atoms in total. The van der Waals surface area contributed by atoms with E-state index < -0.39 is 0 Å². The van der Waals surface area contributed by atoms with Gasteiger partial charge in [-0.3, -0.25) is 11.8 Å². The monoisotopic (exact) mass is 1470 g/mol. The van der Waals surface area contributed by atoms with E-state index in [1.807, 2.05) is 0 Å². The fourth-order valence-corrected chi connectivity index (χ4v) is 23.0. The predicted molar refractivity (Wildman–Crippen MR) is 399 cm³/mol. The van der Waals surface area contributed by atoms with Crippen LogP contribution >= 0.6 is 50.7 Å². The van der Waals surface area contributed by atoms with Gasteiger partial charge in [0.15, 0.2) is 0 Å². The molecule has 506 valence electrons. The first-order valence-corrected chi connectivity index (χ1v) is 48.5. The van der Waals surface area contributed by atoms with Crippen LogP contribution in [0.1, 0.15) is 339 Å². The van der Waals surface area contributed by atoms with Crippen LogP contribution in [0.3, 0.4) is 0 Å². The summed E-state index contributed by atoms with van der Waals surface area (Å²) in [6, 6.07) is 3.50. The van der Waals surface area contributed by atoms with E-state index in [4.69, 9.17) is 22.3 Å². The second kappa shape index (κ2) is 88.8. The molecule has 0 fully saturated rings. The number of hydrogen-bond donors (Lipinski definition) is 0. The van der Waals surface area contributed by atoms with Crippen molar-refractivity contribution in [3.05, 3.63) is 36.1 Å². The summed E-state index contributed by atoms with van der Waals surface area (Å²) in [4.78, 5) is 0. The molecule has 0 aliphatic carbocycles. The van der Waals surface area contributed by atoms with Crippen molar-refractivity contribution in [2.24, 2.45) is 0 Å². The minimum absolute atomic E-state index is 0.0675. The average Bonchev–Trinajstić information content (AvgIpc) is 3.72. The second-order valence-electron chi connectivity index (χ2n) is 23.6. The zero-order chi connectivity index (χ0) is 64.2. The summed E-state index contributed by atoms with van der Waals surface area (Å²) in [6.45, 7) is 33.5. The van der Waals surface area contributed by atoms with Crippen LogP contribution in [0.5, 0.6) is 11.5 Å². The number of rotatable bonds is 52. The number of unbranched alkanes of at least 4 members (excludes halogenated alkanes) is 22. The summed E-state index contributed by atoms with van der Waals surface area (Å²) in [7, 11) is 9.25. The van der Waals surface area contributed by atoms with Gasteiger partial charge in [-0.25, -0.2) is 0 Å². The van der Waals surface area contributed by atoms with Gasteiger partial charge in [0.05, 0.1) is 87.2 Å². The molecule has 0 aromatic heterocycles. The van der Waals surface area contributed by atoms with E-state index >= 15 is 0 Å². The third-order valence-electron chi connectivity index (χ3n) is 15.5. The summed E-state index contributed by atoms with van der Waals surface area (Å²) in [5.41, 5.74) is 1.14. The van der Waals surface area contributed by atoms with Gasteiger partial charge in [0.2, 0.25) is 0 Å². The SMILES string of the molecule is CCCC[PH+](CCCC)CCCC.CCCC[PH+](CCCC)CCCC.CCCC[PH+](CCCC)CCCC.CCCC[PH+](CCCC)CCCC.[C-]#Cc1cc(OCCCCCCCC)c(C#[C-])cc1OCCCCCCCC.[Cl][Pd+].[Cl][Pd+]. The van der Waals surface area contributed by atoms with Gasteiger partial charge in [0, 0.05) is 43.2 Å². The molecule has 1 aromatic rings. The van der Waals surface area contributed by atoms with Crippen LogP contribution in [-0.2, 0) is 36.4 Å². The normalized spacial score (nSPS) is 10.5. The molecule has 0 saturated heterocycles. The Morgan fingerprint density at radius 2 is 0.429 bits per heavy atom. The Morgan fingerprint density at radius 3 is 0.583 bits per heavy atom. The number of halogens is 2. The first kappa shape index (κ1) is 96.7. The third kappa shape index (κ3) is 74.3. The first-order chi connectivity index (χ1) is 41.1. The van der Waals surface area contributed by atoms with Crippen molar-refractivity contribution in [2.45, 2.75) is 328 Å². The minimum atomic E-state index is 0.0675. The molecule has 1 rings (SSSR count). The third-order valence-corrected chi connectivity index (χ3v) is 28.2. The van der Waals surface area contributed by atoms with Crippen molar-refractivity contribution in [1.29, 1.82) is 0 Å². The molecule has 0 heterocycles. The van der Waals surface area contributed by atoms with E-state index in [0.717, 1.165) is 25.7 Å². The fraction of sp³-hybridized carbons (Fsp3) is 0.865. The van der Waals surface area contributed by atoms with Crippen LogP contribution in [0.4, 0.5) is 0 Å². The van der Waals surface area contributed by atoms with E-state index in [1.165, 1.54) is 205 Å². The quantitative estimate of drug-likeness (QED) is 0.0213. The summed E-state index contributed by atoms with van der Waals surface area (Å²) in [5, 5.41) is 0. The maximum absolute atomic E-state index is 7.56. The Kier molecular flexibility index (Phi) is 102. The van der Waals surface area contributed by atoms with E-state index in [0.29, 0.717) is 35.8 Å². The van der Waals surface area contributed by atoms with Crippen LogP contribution in [-0.4, -0.2) is 87.2 Å². The van der Waals surface area contributed by atoms with Crippen LogP contribution < -0.4 is 9.47 Å². The summed E-state index contributed by atoms with van der Waals surface area (Å²) in [5.74, 6) is 6.05. The summed E-state index contributed by atoms with van der Waals surface area (Å²) < 4.78 is 11.7. The van der Waals surface area contributed by atoms with Crippen LogP contribution in [0.15, 0.2) is 12.1 Å².